The van der Waals surface area contributed by atoms with Gasteiger partial charge < -0.3 is 10.2 Å². The largest absolute Gasteiger partial charge is 0.408 e. The van der Waals surface area contributed by atoms with Crippen molar-refractivity contribution in [1.29, 1.82) is 0 Å². The molecule has 7 heteroatoms. The minimum absolute atomic E-state index is 0.101. The number of fused-ring (bicyclic) bond motifs is 2. The zero-order valence-electron chi connectivity index (χ0n) is 11.0. The van der Waals surface area contributed by atoms with Gasteiger partial charge in [-0.05, 0) is 25.7 Å². The van der Waals surface area contributed by atoms with Crippen molar-refractivity contribution in [1.82, 2.24) is 15.1 Å². The number of anilines is 1. The summed E-state index contributed by atoms with van der Waals surface area (Å²) in [4.78, 5) is 14.2. The molecule has 19 heavy (non-hydrogen) atoms. The lowest BCUT2D eigenvalue weighted by Gasteiger charge is -2.36. The molecule has 2 unspecified atom stereocenters. The minimum atomic E-state index is -0.101. The molecule has 0 radical (unpaired) electrons. The van der Waals surface area contributed by atoms with E-state index < -0.39 is 0 Å². The van der Waals surface area contributed by atoms with Gasteiger partial charge in [-0.15, -0.1) is 5.10 Å². The molecule has 3 N–H and O–H groups in total. The molecule has 0 aliphatic carbocycles. The highest BCUT2D eigenvalue weighted by Gasteiger charge is 2.40. The van der Waals surface area contributed by atoms with Crippen LogP contribution in [0.2, 0.25) is 0 Å². The summed E-state index contributed by atoms with van der Waals surface area (Å²) in [5, 5.41) is 10.1. The summed E-state index contributed by atoms with van der Waals surface area (Å²) in [6, 6.07) is 1.35. The predicted molar refractivity (Wildman–Crippen MR) is 68.4 cm³/mol. The average molecular weight is 265 g/mol. The van der Waals surface area contributed by atoms with Crippen LogP contribution in [0.3, 0.4) is 0 Å². The molecule has 1 aromatic rings. The summed E-state index contributed by atoms with van der Waals surface area (Å²) in [6.07, 6.45) is 4.27. The lowest BCUT2D eigenvalue weighted by molar-refractivity contribution is -0.118. The van der Waals surface area contributed by atoms with Crippen molar-refractivity contribution in [3.63, 3.8) is 0 Å². The predicted octanol–water partition coefficient (Wildman–Crippen LogP) is 0.271. The number of nitrogens with zero attached hydrogens (tertiary/aromatic N) is 3. The van der Waals surface area contributed by atoms with E-state index in [1.54, 1.807) is 6.92 Å². The lowest BCUT2D eigenvalue weighted by atomic mass is 9.98. The molecule has 2 saturated heterocycles. The van der Waals surface area contributed by atoms with Crippen molar-refractivity contribution in [2.45, 2.75) is 50.7 Å². The van der Waals surface area contributed by atoms with Gasteiger partial charge in [0, 0.05) is 25.0 Å². The highest BCUT2D eigenvalue weighted by atomic mass is 16.4. The van der Waals surface area contributed by atoms with Crippen LogP contribution in [0, 0.1) is 6.92 Å². The molecule has 2 aliphatic heterocycles. The van der Waals surface area contributed by atoms with E-state index in [1.165, 1.54) is 0 Å². The van der Waals surface area contributed by atoms with Crippen LogP contribution in [0.4, 0.5) is 6.01 Å². The summed E-state index contributed by atoms with van der Waals surface area (Å²) in [7, 11) is 0. The second-order valence-electron chi connectivity index (χ2n) is 5.46. The Kier molecular flexibility index (Phi) is 3.24. The number of nitrogens with two attached hydrogens (primary N) is 1. The molecule has 0 saturated carbocycles. The first-order valence-corrected chi connectivity index (χ1v) is 6.73. The third-order valence-electron chi connectivity index (χ3n) is 4.02. The van der Waals surface area contributed by atoms with Gasteiger partial charge >= 0.3 is 6.01 Å². The van der Waals surface area contributed by atoms with Crippen molar-refractivity contribution >= 4 is 11.9 Å². The molecule has 2 fully saturated rings. The van der Waals surface area contributed by atoms with Crippen molar-refractivity contribution in [3.8, 4) is 0 Å². The van der Waals surface area contributed by atoms with E-state index in [4.69, 9.17) is 10.2 Å². The SMILES string of the molecule is Cc1nnc(NC(=O)CN2C3CCC2CC(N)C3)o1. The summed E-state index contributed by atoms with van der Waals surface area (Å²) < 4.78 is 5.14. The molecule has 7 nitrogen and oxygen atoms in total. The fourth-order valence-corrected chi connectivity index (χ4v) is 3.25. The molecule has 3 rings (SSSR count). The maximum atomic E-state index is 12.0. The molecule has 0 spiro atoms. The number of aromatic nitrogens is 2. The number of carbonyl (C=O) groups is 1. The normalized spacial score (nSPS) is 30.5. The van der Waals surface area contributed by atoms with E-state index in [0.717, 1.165) is 25.7 Å². The standard InChI is InChI=1S/C12H19N5O2/c1-7-15-16-12(19-7)14-11(18)6-17-9-2-3-10(17)5-8(13)4-9/h8-10H,2-6,13H2,1H3,(H,14,16,18). The van der Waals surface area contributed by atoms with Crippen LogP contribution in [0.15, 0.2) is 4.42 Å². The lowest BCUT2D eigenvalue weighted by Crippen LogP contribution is -2.49. The molecule has 0 aromatic carbocycles. The Morgan fingerprint density at radius 1 is 1.42 bits per heavy atom. The van der Waals surface area contributed by atoms with Gasteiger partial charge in [-0.2, -0.15) is 0 Å². The van der Waals surface area contributed by atoms with Crippen molar-refractivity contribution in [2.24, 2.45) is 5.73 Å². The molecule has 2 bridgehead atoms. The number of hydrogen-bond donors (Lipinski definition) is 2. The highest BCUT2D eigenvalue weighted by molar-refractivity contribution is 5.90. The Morgan fingerprint density at radius 2 is 2.11 bits per heavy atom. The third kappa shape index (κ3) is 2.62. The van der Waals surface area contributed by atoms with E-state index >= 15 is 0 Å². The van der Waals surface area contributed by atoms with E-state index in [1.807, 2.05) is 0 Å². The first kappa shape index (κ1) is 12.6. The summed E-state index contributed by atoms with van der Waals surface area (Å²) in [6.45, 7) is 2.07. The van der Waals surface area contributed by atoms with Gasteiger partial charge in [-0.3, -0.25) is 15.0 Å². The van der Waals surface area contributed by atoms with Gasteiger partial charge in [0.15, 0.2) is 0 Å². The van der Waals surface area contributed by atoms with Gasteiger partial charge in [0.25, 0.3) is 0 Å². The maximum Gasteiger partial charge on any atom is 0.322 e. The van der Waals surface area contributed by atoms with E-state index in [-0.39, 0.29) is 18.0 Å². The van der Waals surface area contributed by atoms with Crippen LogP contribution < -0.4 is 11.1 Å². The zero-order valence-corrected chi connectivity index (χ0v) is 11.0. The summed E-state index contributed by atoms with van der Waals surface area (Å²) in [5.41, 5.74) is 6.01. The Morgan fingerprint density at radius 3 is 2.68 bits per heavy atom. The van der Waals surface area contributed by atoms with Gasteiger partial charge in [-0.25, -0.2) is 0 Å². The number of piperidine rings is 1. The Bertz CT molecular complexity index is 460. The van der Waals surface area contributed by atoms with Crippen LogP contribution in [-0.2, 0) is 4.79 Å². The first-order valence-electron chi connectivity index (χ1n) is 6.73. The number of nitrogens with one attached hydrogen (secondary N) is 1. The molecule has 3 heterocycles. The van der Waals surface area contributed by atoms with Crippen LogP contribution in [0.1, 0.15) is 31.6 Å². The van der Waals surface area contributed by atoms with Crippen molar-refractivity contribution in [2.75, 3.05) is 11.9 Å². The average Bonchev–Trinajstić information content (AvgIpc) is 2.83. The smallest absolute Gasteiger partial charge is 0.322 e. The molecular formula is C12H19N5O2. The topological polar surface area (TPSA) is 97.3 Å². The second kappa shape index (κ2) is 4.90. The minimum Gasteiger partial charge on any atom is -0.408 e. The van der Waals surface area contributed by atoms with Gasteiger partial charge in [0.2, 0.25) is 11.8 Å². The molecule has 2 atom stereocenters. The monoisotopic (exact) mass is 265 g/mol. The molecule has 1 amide bonds. The fraction of sp³-hybridized carbons (Fsp3) is 0.750. The third-order valence-corrected chi connectivity index (χ3v) is 4.02. The van der Waals surface area contributed by atoms with Crippen LogP contribution >= 0.6 is 0 Å². The number of carbonyl (C=O) groups excluding carboxylic acids is 1. The molecule has 2 aliphatic rings. The van der Waals surface area contributed by atoms with Crippen LogP contribution in [0.5, 0.6) is 0 Å². The van der Waals surface area contributed by atoms with Gasteiger partial charge in [0.1, 0.15) is 0 Å². The molecular weight excluding hydrogens is 246 g/mol. The van der Waals surface area contributed by atoms with Crippen LogP contribution in [-0.4, -0.2) is 45.7 Å². The number of amides is 1. The van der Waals surface area contributed by atoms with E-state index in [2.05, 4.69) is 20.4 Å². The van der Waals surface area contributed by atoms with E-state index in [0.29, 0.717) is 24.5 Å². The van der Waals surface area contributed by atoms with Crippen molar-refractivity contribution < 1.29 is 9.21 Å². The second-order valence-corrected chi connectivity index (χ2v) is 5.46. The Hall–Kier alpha value is -1.47. The molecule has 104 valence electrons. The molecule has 1 aromatic heterocycles. The summed E-state index contributed by atoms with van der Waals surface area (Å²) >= 11 is 0. The Balaban J connectivity index is 1.58. The summed E-state index contributed by atoms with van der Waals surface area (Å²) in [5.74, 6) is 0.343. The number of aryl methyl sites for hydroxylation is 1. The fourth-order valence-electron chi connectivity index (χ4n) is 3.25. The van der Waals surface area contributed by atoms with Gasteiger partial charge in [-0.1, -0.05) is 5.10 Å². The zero-order chi connectivity index (χ0) is 13.4. The quantitative estimate of drug-likeness (QED) is 0.814. The first-order chi connectivity index (χ1) is 9.11. The van der Waals surface area contributed by atoms with Crippen LogP contribution in [0.25, 0.3) is 0 Å². The number of hydrogen-bond acceptors (Lipinski definition) is 6. The highest BCUT2D eigenvalue weighted by Crippen LogP contribution is 2.34. The van der Waals surface area contributed by atoms with Crippen molar-refractivity contribution in [3.05, 3.63) is 5.89 Å². The Labute approximate surface area is 111 Å². The maximum absolute atomic E-state index is 12.0. The van der Waals surface area contributed by atoms with E-state index in [9.17, 15) is 4.79 Å². The number of rotatable bonds is 3. The van der Waals surface area contributed by atoms with Gasteiger partial charge in [0.05, 0.1) is 6.54 Å².